The van der Waals surface area contributed by atoms with Crippen LogP contribution in [0.1, 0.15) is 43.0 Å². The Balaban J connectivity index is 1.80. The van der Waals surface area contributed by atoms with Gasteiger partial charge in [0.2, 0.25) is 10.8 Å². The Bertz CT molecular complexity index is 1130. The topological polar surface area (TPSA) is 40.6 Å². The van der Waals surface area contributed by atoms with Gasteiger partial charge in [-0.3, -0.25) is 19.4 Å². The molecule has 0 unspecified atom stereocenters. The Morgan fingerprint density at radius 1 is 0.966 bits per heavy atom. The summed E-state index contributed by atoms with van der Waals surface area (Å²) in [5.74, 6) is 0.248. The van der Waals surface area contributed by atoms with Gasteiger partial charge in [0.15, 0.2) is 0 Å². The molecule has 2 amide bonds. The molecule has 3 heterocycles. The lowest BCUT2D eigenvalue weighted by atomic mass is 9.89. The van der Waals surface area contributed by atoms with Crippen molar-refractivity contribution in [3.63, 3.8) is 0 Å². The molecule has 2 aromatic carbocycles. The fourth-order valence-corrected chi connectivity index (χ4v) is 6.32. The van der Waals surface area contributed by atoms with Gasteiger partial charge in [0.25, 0.3) is 5.91 Å². The predicted molar refractivity (Wildman–Crippen MR) is 119 cm³/mol. The van der Waals surface area contributed by atoms with Crippen LogP contribution in [0, 0.1) is 13.8 Å². The highest BCUT2D eigenvalue weighted by Gasteiger charge is 2.63. The van der Waals surface area contributed by atoms with E-state index in [2.05, 4.69) is 39.8 Å². The Hall–Kier alpha value is -2.53. The van der Waals surface area contributed by atoms with Crippen LogP contribution in [0.25, 0.3) is 5.57 Å². The van der Waals surface area contributed by atoms with Crippen molar-refractivity contribution in [2.24, 2.45) is 0 Å². The fraction of sp³-hybridized carbons (Fsp3) is 0.333. The van der Waals surface area contributed by atoms with Gasteiger partial charge in [0.1, 0.15) is 0 Å². The largest absolute Gasteiger partial charge is 0.299 e. The molecule has 3 aliphatic rings. The van der Waals surface area contributed by atoms with Crippen molar-refractivity contribution in [1.82, 2.24) is 0 Å². The maximum Gasteiger partial charge on any atom is 0.269 e. The van der Waals surface area contributed by atoms with Gasteiger partial charge in [-0.2, -0.15) is 0 Å². The average Bonchev–Trinajstić information content (AvgIpc) is 3.13. The Labute approximate surface area is 175 Å². The number of rotatable bonds is 1. The first-order chi connectivity index (χ1) is 13.7. The first kappa shape index (κ1) is 18.5. The van der Waals surface area contributed by atoms with E-state index in [1.54, 1.807) is 4.90 Å². The van der Waals surface area contributed by atoms with E-state index in [1.807, 2.05) is 42.2 Å². The number of nitrogens with zero attached hydrogens (tertiary/aromatic N) is 2. The molecule has 0 bridgehead atoms. The smallest absolute Gasteiger partial charge is 0.269 e. The molecule has 1 fully saturated rings. The van der Waals surface area contributed by atoms with Gasteiger partial charge in [-0.1, -0.05) is 30.3 Å². The number of hydrogen-bond acceptors (Lipinski definition) is 3. The maximum absolute atomic E-state index is 14.1. The molecule has 1 atom stereocenters. The molecule has 29 heavy (non-hydrogen) atoms. The number of fused-ring (bicyclic) bond motifs is 1. The van der Waals surface area contributed by atoms with E-state index in [0.717, 1.165) is 28.1 Å². The van der Waals surface area contributed by atoms with Crippen molar-refractivity contribution < 1.29 is 9.59 Å². The van der Waals surface area contributed by atoms with Crippen LogP contribution in [0.2, 0.25) is 0 Å². The number of hydrogen-bond donors (Lipinski definition) is 0. The monoisotopic (exact) mass is 404 g/mol. The minimum atomic E-state index is -1.04. The normalized spacial score (nSPS) is 24.4. The molecular formula is C24H24N2O2S. The molecule has 1 saturated heterocycles. The van der Waals surface area contributed by atoms with E-state index in [-0.39, 0.29) is 11.8 Å². The summed E-state index contributed by atoms with van der Waals surface area (Å²) in [6, 6.07) is 12.1. The quantitative estimate of drug-likeness (QED) is 0.687. The van der Waals surface area contributed by atoms with Crippen LogP contribution in [0.4, 0.5) is 11.4 Å². The van der Waals surface area contributed by atoms with Gasteiger partial charge in [-0.05, 0) is 63.5 Å². The molecular weight excluding hydrogens is 380 g/mol. The second-order valence-electron chi connectivity index (χ2n) is 8.75. The molecule has 4 nitrogen and oxygen atoms in total. The molecule has 0 saturated carbocycles. The van der Waals surface area contributed by atoms with E-state index in [9.17, 15) is 9.59 Å². The highest BCUT2D eigenvalue weighted by molar-refractivity contribution is 8.02. The zero-order valence-electron chi connectivity index (χ0n) is 17.4. The second kappa shape index (κ2) is 5.76. The molecule has 3 aliphatic heterocycles. The minimum absolute atomic E-state index is 0.0217. The van der Waals surface area contributed by atoms with Crippen molar-refractivity contribution in [3.05, 3.63) is 64.7 Å². The first-order valence-corrected chi connectivity index (χ1v) is 10.9. The van der Waals surface area contributed by atoms with Crippen LogP contribution in [0.3, 0.4) is 0 Å². The van der Waals surface area contributed by atoms with Crippen LogP contribution in [-0.2, 0) is 14.5 Å². The summed E-state index contributed by atoms with van der Waals surface area (Å²) in [5.41, 5.74) is 6.75. The summed E-state index contributed by atoms with van der Waals surface area (Å²) in [7, 11) is 0. The Morgan fingerprint density at radius 3 is 2.45 bits per heavy atom. The summed E-state index contributed by atoms with van der Waals surface area (Å²) in [5, 5.41) is 0. The summed E-state index contributed by atoms with van der Waals surface area (Å²) in [6.07, 6.45) is 2.15. The van der Waals surface area contributed by atoms with Gasteiger partial charge in [-0.25, -0.2) is 0 Å². The number of allylic oxidation sites excluding steroid dienone is 1. The summed E-state index contributed by atoms with van der Waals surface area (Å²) in [6.45, 7) is 10.3. The number of para-hydroxylation sites is 1. The number of amides is 2. The summed E-state index contributed by atoms with van der Waals surface area (Å²) >= 11 is 1.44. The third kappa shape index (κ3) is 2.22. The van der Waals surface area contributed by atoms with E-state index in [0.29, 0.717) is 5.75 Å². The highest BCUT2D eigenvalue weighted by Crippen LogP contribution is 2.59. The van der Waals surface area contributed by atoms with Crippen LogP contribution in [0.15, 0.2) is 42.5 Å². The van der Waals surface area contributed by atoms with E-state index >= 15 is 0 Å². The molecule has 5 rings (SSSR count). The van der Waals surface area contributed by atoms with Crippen LogP contribution >= 0.6 is 11.8 Å². The lowest BCUT2D eigenvalue weighted by molar-refractivity contribution is -0.124. The minimum Gasteiger partial charge on any atom is -0.299 e. The van der Waals surface area contributed by atoms with E-state index < -0.39 is 10.4 Å². The summed E-state index contributed by atoms with van der Waals surface area (Å²) in [4.78, 5) is 29.8. The lowest BCUT2D eigenvalue weighted by Crippen LogP contribution is -2.54. The lowest BCUT2D eigenvalue weighted by Gasteiger charge is -2.40. The van der Waals surface area contributed by atoms with Gasteiger partial charge in [0.05, 0.1) is 17.0 Å². The zero-order valence-corrected chi connectivity index (χ0v) is 18.2. The number of aryl methyl sites for hydroxylation is 2. The standard InChI is InChI=1S/C24H24N2O2S/c1-14-9-10-17(11-15(14)2)25-20(27)13-29-24(25)19-8-6-7-18-16(3)12-23(4,5)26(21(18)19)22(24)28/h6-12H,13H2,1-5H3/t24-/m1/s1. The number of carbonyl (C=O) groups excluding carboxylic acids is 2. The van der Waals surface area contributed by atoms with Gasteiger partial charge >= 0.3 is 0 Å². The summed E-state index contributed by atoms with van der Waals surface area (Å²) < 4.78 is 0. The molecule has 1 spiro atoms. The van der Waals surface area contributed by atoms with Crippen LogP contribution in [-0.4, -0.2) is 23.1 Å². The third-order valence-electron chi connectivity index (χ3n) is 6.41. The Kier molecular flexibility index (Phi) is 3.67. The molecule has 0 aliphatic carbocycles. The molecule has 0 radical (unpaired) electrons. The molecule has 5 heteroatoms. The van der Waals surface area contributed by atoms with Gasteiger partial charge in [0, 0.05) is 16.8 Å². The highest BCUT2D eigenvalue weighted by atomic mass is 32.2. The van der Waals surface area contributed by atoms with Crippen molar-refractivity contribution in [1.29, 1.82) is 0 Å². The molecule has 148 valence electrons. The predicted octanol–water partition coefficient (Wildman–Crippen LogP) is 4.78. The van der Waals surface area contributed by atoms with Crippen LogP contribution < -0.4 is 9.80 Å². The second-order valence-corrected chi connectivity index (χ2v) is 9.92. The van der Waals surface area contributed by atoms with E-state index in [1.165, 1.54) is 22.9 Å². The molecule has 2 aromatic rings. The maximum atomic E-state index is 14.1. The van der Waals surface area contributed by atoms with Crippen molar-refractivity contribution in [2.75, 3.05) is 15.6 Å². The number of anilines is 2. The van der Waals surface area contributed by atoms with Gasteiger partial charge in [-0.15, -0.1) is 11.8 Å². The number of thioether (sulfide) groups is 1. The molecule has 0 N–H and O–H groups in total. The molecule has 0 aromatic heterocycles. The van der Waals surface area contributed by atoms with Gasteiger partial charge < -0.3 is 0 Å². The average molecular weight is 405 g/mol. The SMILES string of the molecule is CC1=CC(C)(C)N2C(=O)[C@]3(SCC(=O)N3c3ccc(C)c(C)c3)c3cccc1c32. The van der Waals surface area contributed by atoms with Crippen molar-refractivity contribution in [3.8, 4) is 0 Å². The first-order valence-electron chi connectivity index (χ1n) is 9.91. The van der Waals surface area contributed by atoms with Crippen molar-refractivity contribution in [2.45, 2.75) is 45.0 Å². The fourth-order valence-electron chi connectivity index (χ4n) is 4.98. The number of benzene rings is 2. The third-order valence-corrected chi connectivity index (χ3v) is 7.79. The van der Waals surface area contributed by atoms with Crippen LogP contribution in [0.5, 0.6) is 0 Å². The zero-order chi connectivity index (χ0) is 20.7. The van der Waals surface area contributed by atoms with E-state index in [4.69, 9.17) is 0 Å². The number of carbonyl (C=O) groups is 2. The van der Waals surface area contributed by atoms with Crippen molar-refractivity contribution >= 4 is 40.5 Å². The Morgan fingerprint density at radius 2 is 1.72 bits per heavy atom.